The number of carbonyl (C=O) groups is 1. The Bertz CT molecular complexity index is 1920. The first-order valence-corrected chi connectivity index (χ1v) is 16.0. The number of pyridine rings is 1. The predicted molar refractivity (Wildman–Crippen MR) is 172 cm³/mol. The molecular weight excluding hydrogens is 649 g/mol. The maximum atomic E-state index is 15.3. The summed E-state index contributed by atoms with van der Waals surface area (Å²) < 4.78 is 59.4. The normalized spacial score (nSPS) is 14.1. The Morgan fingerprint density at radius 2 is 1.83 bits per heavy atom. The molecule has 5 aromatic rings. The molecule has 1 fully saturated rings. The van der Waals surface area contributed by atoms with Crippen molar-refractivity contribution in [3.8, 4) is 11.6 Å². The van der Waals surface area contributed by atoms with Gasteiger partial charge < -0.3 is 23.7 Å². The van der Waals surface area contributed by atoms with Crippen LogP contribution in [-0.2, 0) is 37.5 Å². The van der Waals surface area contributed by atoms with Crippen LogP contribution >= 0.6 is 11.6 Å². The van der Waals surface area contributed by atoms with Crippen LogP contribution in [0.2, 0.25) is 5.02 Å². The standard InChI is InChI=1S/C34H34ClF3N6O4/c1-2-43-20-39-16-23(43)17-44-29-14-21(3-8-33(45)46)13-27(38)34(29)41-31(44)18-42-11-9-24(10-12-42)48-32-7-5-25(36)28(40-32)19-47-30-6-4-22(35)15-26(30)37/h4-7,13-16,20,24H,2-3,8-12,17-19H2,1H3,(H,45,46). The highest BCUT2D eigenvalue weighted by molar-refractivity contribution is 6.30. The van der Waals surface area contributed by atoms with Gasteiger partial charge in [0.2, 0.25) is 5.88 Å². The van der Waals surface area contributed by atoms with Gasteiger partial charge in [0.25, 0.3) is 0 Å². The van der Waals surface area contributed by atoms with E-state index in [0.29, 0.717) is 55.9 Å². The molecule has 0 atom stereocenters. The summed E-state index contributed by atoms with van der Waals surface area (Å²) in [4.78, 5) is 26.6. The summed E-state index contributed by atoms with van der Waals surface area (Å²) in [6.07, 6.45) is 4.80. The smallest absolute Gasteiger partial charge is 0.303 e. The van der Waals surface area contributed by atoms with Crippen LogP contribution in [0.1, 0.15) is 49.0 Å². The van der Waals surface area contributed by atoms with Gasteiger partial charge in [-0.25, -0.2) is 28.1 Å². The van der Waals surface area contributed by atoms with E-state index in [0.717, 1.165) is 18.3 Å². The number of nitrogens with zero attached hydrogens (tertiary/aromatic N) is 6. The molecule has 1 N–H and O–H groups in total. The molecule has 0 saturated carbocycles. The molecule has 1 aliphatic heterocycles. The molecule has 3 aromatic heterocycles. The van der Waals surface area contributed by atoms with Crippen LogP contribution in [0, 0.1) is 17.5 Å². The lowest BCUT2D eigenvalue weighted by molar-refractivity contribution is -0.136. The molecule has 6 rings (SSSR count). The number of benzene rings is 2. The number of piperidine rings is 1. The summed E-state index contributed by atoms with van der Waals surface area (Å²) in [5.74, 6) is -1.82. The number of ether oxygens (including phenoxy) is 2. The summed E-state index contributed by atoms with van der Waals surface area (Å²) in [7, 11) is 0. The second-order valence-electron chi connectivity index (χ2n) is 11.7. The highest BCUT2D eigenvalue weighted by Crippen LogP contribution is 2.27. The van der Waals surface area contributed by atoms with Crippen molar-refractivity contribution >= 4 is 28.6 Å². The molecule has 4 heterocycles. The zero-order chi connectivity index (χ0) is 33.8. The molecular formula is C34H34ClF3N6O4. The largest absolute Gasteiger partial charge is 0.484 e. The van der Waals surface area contributed by atoms with E-state index in [1.807, 2.05) is 22.1 Å². The minimum atomic E-state index is -0.945. The van der Waals surface area contributed by atoms with Gasteiger partial charge in [0, 0.05) is 43.3 Å². The average molecular weight is 683 g/mol. The number of aromatic nitrogens is 5. The highest BCUT2D eigenvalue weighted by Gasteiger charge is 2.25. The van der Waals surface area contributed by atoms with Crippen LogP contribution in [0.5, 0.6) is 11.6 Å². The first-order valence-electron chi connectivity index (χ1n) is 15.7. The summed E-state index contributed by atoms with van der Waals surface area (Å²) in [6.45, 7) is 4.67. The van der Waals surface area contributed by atoms with Gasteiger partial charge in [-0.15, -0.1) is 0 Å². The Kier molecular flexibility index (Phi) is 10.2. The van der Waals surface area contributed by atoms with Crippen molar-refractivity contribution in [1.82, 2.24) is 29.0 Å². The maximum absolute atomic E-state index is 15.3. The quantitative estimate of drug-likeness (QED) is 0.152. The van der Waals surface area contributed by atoms with Crippen LogP contribution < -0.4 is 9.47 Å². The molecule has 0 spiro atoms. The van der Waals surface area contributed by atoms with Crippen LogP contribution in [0.25, 0.3) is 11.0 Å². The third-order valence-electron chi connectivity index (χ3n) is 8.37. The number of hydrogen-bond donors (Lipinski definition) is 1. The van der Waals surface area contributed by atoms with Crippen LogP contribution in [-0.4, -0.2) is 59.3 Å². The van der Waals surface area contributed by atoms with Gasteiger partial charge >= 0.3 is 5.97 Å². The second-order valence-corrected chi connectivity index (χ2v) is 12.1. The minimum Gasteiger partial charge on any atom is -0.484 e. The van der Waals surface area contributed by atoms with Gasteiger partial charge in [0.15, 0.2) is 17.4 Å². The first kappa shape index (κ1) is 33.3. The molecule has 0 unspecified atom stereocenters. The van der Waals surface area contributed by atoms with Gasteiger partial charge in [-0.1, -0.05) is 11.6 Å². The molecule has 252 valence electrons. The van der Waals surface area contributed by atoms with E-state index in [-0.39, 0.29) is 53.4 Å². The van der Waals surface area contributed by atoms with E-state index >= 15 is 4.39 Å². The summed E-state index contributed by atoms with van der Waals surface area (Å²) in [5.41, 5.74) is 2.37. The average Bonchev–Trinajstić information content (AvgIpc) is 3.66. The number of fused-ring (bicyclic) bond motifs is 1. The number of aryl methyl sites for hydroxylation is 2. The number of aliphatic carboxylic acids is 1. The summed E-state index contributed by atoms with van der Waals surface area (Å²) in [5, 5.41) is 9.38. The molecule has 10 nitrogen and oxygen atoms in total. The Morgan fingerprint density at radius 1 is 1.02 bits per heavy atom. The number of imidazole rings is 2. The molecule has 0 bridgehead atoms. The molecule has 1 saturated heterocycles. The van der Waals surface area contributed by atoms with E-state index < -0.39 is 23.4 Å². The van der Waals surface area contributed by atoms with Crippen LogP contribution in [0.15, 0.2) is 55.0 Å². The van der Waals surface area contributed by atoms with Crippen molar-refractivity contribution in [3.05, 3.63) is 100 Å². The summed E-state index contributed by atoms with van der Waals surface area (Å²) in [6, 6.07) is 9.85. The fourth-order valence-corrected chi connectivity index (χ4v) is 5.99. The highest BCUT2D eigenvalue weighted by atomic mass is 35.5. The lowest BCUT2D eigenvalue weighted by Crippen LogP contribution is -2.38. The van der Waals surface area contributed by atoms with Crippen molar-refractivity contribution in [2.24, 2.45) is 0 Å². The van der Waals surface area contributed by atoms with Gasteiger partial charge in [0.1, 0.15) is 35.6 Å². The number of hydrogen-bond acceptors (Lipinski definition) is 7. The van der Waals surface area contributed by atoms with Gasteiger partial charge in [-0.2, -0.15) is 0 Å². The molecule has 0 radical (unpaired) electrons. The van der Waals surface area contributed by atoms with Crippen molar-refractivity contribution < 1.29 is 32.5 Å². The number of halogens is 4. The Hall–Kier alpha value is -4.62. The molecule has 48 heavy (non-hydrogen) atoms. The van der Waals surface area contributed by atoms with E-state index in [1.165, 1.54) is 30.3 Å². The molecule has 0 aliphatic carbocycles. The monoisotopic (exact) mass is 682 g/mol. The fraction of sp³-hybridized carbons (Fsp3) is 0.353. The zero-order valence-electron chi connectivity index (χ0n) is 26.2. The third kappa shape index (κ3) is 7.74. The molecule has 1 aliphatic rings. The maximum Gasteiger partial charge on any atom is 0.303 e. The number of likely N-dealkylation sites (tertiary alicyclic amines) is 1. The molecule has 0 amide bonds. The first-order chi connectivity index (χ1) is 23.2. The van der Waals surface area contributed by atoms with Gasteiger partial charge in [0.05, 0.1) is 30.6 Å². The Morgan fingerprint density at radius 3 is 2.58 bits per heavy atom. The number of carboxylic acid groups (broad SMARTS) is 1. The molecule has 2 aromatic carbocycles. The van der Waals surface area contributed by atoms with Crippen molar-refractivity contribution in [3.63, 3.8) is 0 Å². The minimum absolute atomic E-state index is 0.0130. The van der Waals surface area contributed by atoms with Crippen molar-refractivity contribution in [2.75, 3.05) is 13.1 Å². The van der Waals surface area contributed by atoms with Gasteiger partial charge in [-0.3, -0.25) is 9.69 Å². The van der Waals surface area contributed by atoms with E-state index in [2.05, 4.69) is 14.9 Å². The number of rotatable bonds is 13. The number of carboxylic acids is 1. The van der Waals surface area contributed by atoms with Crippen LogP contribution in [0.3, 0.4) is 0 Å². The Labute approximate surface area is 279 Å². The lowest BCUT2D eigenvalue weighted by atomic mass is 10.1. The SMILES string of the molecule is CCn1cncc1Cn1c(CN2CCC(Oc3ccc(F)c(COc4ccc(Cl)cc4F)n3)CC2)nc2c(F)cc(CCC(=O)O)cc21. The van der Waals surface area contributed by atoms with Crippen molar-refractivity contribution in [1.29, 1.82) is 0 Å². The van der Waals surface area contributed by atoms with E-state index in [9.17, 15) is 13.6 Å². The van der Waals surface area contributed by atoms with Crippen molar-refractivity contribution in [2.45, 2.75) is 65.0 Å². The predicted octanol–water partition coefficient (Wildman–Crippen LogP) is 6.41. The van der Waals surface area contributed by atoms with E-state index in [4.69, 9.17) is 31.2 Å². The molecule has 14 heteroatoms. The second kappa shape index (κ2) is 14.7. The summed E-state index contributed by atoms with van der Waals surface area (Å²) >= 11 is 5.79. The zero-order valence-corrected chi connectivity index (χ0v) is 27.0. The van der Waals surface area contributed by atoms with E-state index in [1.54, 1.807) is 12.5 Å². The fourth-order valence-electron chi connectivity index (χ4n) is 5.83. The van der Waals surface area contributed by atoms with Gasteiger partial charge in [-0.05, 0) is 68.1 Å². The topological polar surface area (TPSA) is 108 Å². The third-order valence-corrected chi connectivity index (χ3v) is 8.61. The van der Waals surface area contributed by atoms with Crippen LogP contribution in [0.4, 0.5) is 13.2 Å². The Balaban J connectivity index is 1.13. The lowest BCUT2D eigenvalue weighted by Gasteiger charge is -2.31.